The largest absolute Gasteiger partial charge is 0.374 e. The molecule has 0 saturated carbocycles. The minimum absolute atomic E-state index is 0.0412. The van der Waals surface area contributed by atoms with Crippen LogP contribution in [0.4, 0.5) is 0 Å². The van der Waals surface area contributed by atoms with Gasteiger partial charge < -0.3 is 9.79 Å². The van der Waals surface area contributed by atoms with E-state index in [1.807, 2.05) is 0 Å². The van der Waals surface area contributed by atoms with E-state index in [1.165, 1.54) is 22.7 Å². The zero-order chi connectivity index (χ0) is 13.6. The fourth-order valence-corrected chi connectivity index (χ4v) is 2.96. The van der Waals surface area contributed by atoms with Crippen molar-refractivity contribution in [3.05, 3.63) is 23.4 Å². The first kappa shape index (κ1) is 12.2. The van der Waals surface area contributed by atoms with Gasteiger partial charge in [-0.15, -0.1) is 5.10 Å². The molecule has 0 saturated heterocycles. The first-order valence-electron chi connectivity index (χ1n) is 4.94. The van der Waals surface area contributed by atoms with Crippen molar-refractivity contribution < 1.29 is 14.4 Å². The first-order chi connectivity index (χ1) is 8.97. The van der Waals surface area contributed by atoms with Crippen molar-refractivity contribution in [2.24, 2.45) is 0 Å². The topological polar surface area (TPSA) is 129 Å². The number of aromatic nitrogens is 6. The summed E-state index contributed by atoms with van der Waals surface area (Å²) in [5.74, 6) is 0.288. The Morgan fingerprint density at radius 2 is 2.16 bits per heavy atom. The summed E-state index contributed by atoms with van der Waals surface area (Å²) in [6, 6.07) is 2.91. The summed E-state index contributed by atoms with van der Waals surface area (Å²) in [6.07, 6.45) is 1.40. The Balaban J connectivity index is 2.32. The summed E-state index contributed by atoms with van der Waals surface area (Å²) in [4.78, 5) is 22.8. The van der Waals surface area contributed by atoms with Crippen molar-refractivity contribution in [1.29, 1.82) is 0 Å². The summed E-state index contributed by atoms with van der Waals surface area (Å²) in [5, 5.41) is 13.0. The van der Waals surface area contributed by atoms with Crippen LogP contribution in [0.3, 0.4) is 0 Å². The molecule has 0 spiro atoms. The molecule has 0 amide bonds. The van der Waals surface area contributed by atoms with Gasteiger partial charge >= 0.3 is 7.60 Å². The van der Waals surface area contributed by atoms with E-state index in [0.29, 0.717) is 11.3 Å². The Labute approximate surface area is 110 Å². The second-order valence-corrected chi connectivity index (χ2v) is 5.57. The Bertz CT molecular complexity index is 794. The molecule has 0 unspecified atom stereocenters. The van der Waals surface area contributed by atoms with Gasteiger partial charge in [-0.2, -0.15) is 0 Å². The number of nitrogens with zero attached hydrogens (tertiary/aromatic N) is 5. The molecular formula is C8H6ClN6O3P. The lowest BCUT2D eigenvalue weighted by Crippen LogP contribution is -2.15. The summed E-state index contributed by atoms with van der Waals surface area (Å²) in [7, 11) is -4.54. The standard InChI is InChI=1S/C8H6ClN6O3P/c9-4-1-2-6-10-5(7-11-13-14-12-7)3-15(6)8(4)19(16,17)18/h1-3H,(H2,16,17,18)(H,11,12,13,14). The molecule has 0 aliphatic rings. The molecule has 9 nitrogen and oxygen atoms in total. The highest BCUT2D eigenvalue weighted by atomic mass is 35.5. The predicted molar refractivity (Wildman–Crippen MR) is 65.1 cm³/mol. The van der Waals surface area contributed by atoms with Gasteiger partial charge in [0.2, 0.25) is 0 Å². The monoisotopic (exact) mass is 300 g/mol. The average molecular weight is 301 g/mol. The average Bonchev–Trinajstić information content (AvgIpc) is 2.94. The van der Waals surface area contributed by atoms with Crippen LogP contribution in [0.2, 0.25) is 5.02 Å². The SMILES string of the molecule is O=P(O)(O)c1c(Cl)ccc2nc(-c3nnn[nH]3)cn12. The molecule has 98 valence electrons. The number of pyridine rings is 1. The molecule has 0 fully saturated rings. The van der Waals surface area contributed by atoms with Crippen molar-refractivity contribution >= 4 is 30.3 Å². The van der Waals surface area contributed by atoms with E-state index < -0.39 is 7.60 Å². The molecule has 3 N–H and O–H groups in total. The molecule has 11 heteroatoms. The number of H-pyrrole nitrogens is 1. The number of hydrogen-bond acceptors (Lipinski definition) is 5. The van der Waals surface area contributed by atoms with E-state index in [2.05, 4.69) is 25.6 Å². The Morgan fingerprint density at radius 1 is 1.37 bits per heavy atom. The van der Waals surface area contributed by atoms with Gasteiger partial charge in [-0.25, -0.2) is 10.1 Å². The zero-order valence-corrected chi connectivity index (χ0v) is 10.7. The van der Waals surface area contributed by atoms with E-state index in [-0.39, 0.29) is 16.3 Å². The van der Waals surface area contributed by atoms with E-state index in [1.54, 1.807) is 0 Å². The highest BCUT2D eigenvalue weighted by Crippen LogP contribution is 2.36. The van der Waals surface area contributed by atoms with E-state index in [0.717, 1.165) is 0 Å². The molecule has 3 rings (SSSR count). The zero-order valence-electron chi connectivity index (χ0n) is 9.10. The molecule has 3 aromatic rings. The van der Waals surface area contributed by atoms with E-state index >= 15 is 0 Å². The Hall–Kier alpha value is -1.80. The highest BCUT2D eigenvalue weighted by Gasteiger charge is 2.25. The summed E-state index contributed by atoms with van der Waals surface area (Å²) >= 11 is 5.83. The van der Waals surface area contributed by atoms with Crippen molar-refractivity contribution in [3.8, 4) is 11.5 Å². The van der Waals surface area contributed by atoms with Crippen molar-refractivity contribution in [1.82, 2.24) is 30.0 Å². The van der Waals surface area contributed by atoms with Crippen molar-refractivity contribution in [2.75, 3.05) is 0 Å². The molecular weight excluding hydrogens is 295 g/mol. The highest BCUT2D eigenvalue weighted by molar-refractivity contribution is 7.60. The third-order valence-corrected chi connectivity index (χ3v) is 3.86. The van der Waals surface area contributed by atoms with Gasteiger partial charge in [0.25, 0.3) is 0 Å². The number of fused-ring (bicyclic) bond motifs is 1. The third kappa shape index (κ3) is 2.02. The van der Waals surface area contributed by atoms with Gasteiger partial charge in [0.15, 0.2) is 11.3 Å². The second-order valence-electron chi connectivity index (χ2n) is 3.65. The van der Waals surface area contributed by atoms with Crippen LogP contribution in [-0.2, 0) is 4.57 Å². The number of imidazole rings is 1. The summed E-state index contributed by atoms with van der Waals surface area (Å²) < 4.78 is 12.7. The van der Waals surface area contributed by atoms with Crippen LogP contribution >= 0.6 is 19.2 Å². The van der Waals surface area contributed by atoms with Gasteiger partial charge in [-0.1, -0.05) is 11.6 Å². The number of tetrazole rings is 1. The molecule has 19 heavy (non-hydrogen) atoms. The maximum atomic E-state index is 11.5. The lowest BCUT2D eigenvalue weighted by Gasteiger charge is -2.08. The predicted octanol–water partition coefficient (Wildman–Crippen LogP) is -0.0292. The molecule has 0 aliphatic carbocycles. The number of hydrogen-bond donors (Lipinski definition) is 3. The second kappa shape index (κ2) is 4.10. The van der Waals surface area contributed by atoms with Gasteiger partial charge in [-0.3, -0.25) is 8.97 Å². The van der Waals surface area contributed by atoms with Crippen LogP contribution in [0.15, 0.2) is 18.3 Å². The number of nitrogens with one attached hydrogen (secondary N) is 1. The van der Waals surface area contributed by atoms with Crippen molar-refractivity contribution in [3.63, 3.8) is 0 Å². The normalized spacial score (nSPS) is 12.2. The Morgan fingerprint density at radius 3 is 2.79 bits per heavy atom. The molecule has 0 aromatic carbocycles. The summed E-state index contributed by atoms with van der Waals surface area (Å²) in [5.41, 5.74) is 0.356. The fourth-order valence-electron chi connectivity index (χ4n) is 1.68. The van der Waals surface area contributed by atoms with E-state index in [4.69, 9.17) is 11.6 Å². The maximum absolute atomic E-state index is 11.5. The Kier molecular flexibility index (Phi) is 2.64. The van der Waals surface area contributed by atoms with Gasteiger partial charge in [0, 0.05) is 6.20 Å². The lowest BCUT2D eigenvalue weighted by atomic mass is 10.5. The number of rotatable bonds is 2. The lowest BCUT2D eigenvalue weighted by molar-refractivity contribution is 0.386. The quantitative estimate of drug-likeness (QED) is 0.567. The smallest absolute Gasteiger partial charge is 0.320 e. The molecule has 3 aromatic heterocycles. The minimum Gasteiger partial charge on any atom is -0.320 e. The number of halogens is 1. The molecule has 3 heterocycles. The van der Waals surface area contributed by atoms with Crippen LogP contribution in [0.1, 0.15) is 0 Å². The van der Waals surface area contributed by atoms with E-state index in [9.17, 15) is 14.4 Å². The molecule has 0 bridgehead atoms. The summed E-state index contributed by atoms with van der Waals surface area (Å²) in [6.45, 7) is 0. The van der Waals surface area contributed by atoms with Gasteiger partial charge in [-0.05, 0) is 22.6 Å². The van der Waals surface area contributed by atoms with Crippen LogP contribution in [-0.4, -0.2) is 39.8 Å². The van der Waals surface area contributed by atoms with Crippen LogP contribution in [0, 0.1) is 0 Å². The molecule has 0 aliphatic heterocycles. The minimum atomic E-state index is -4.54. The fraction of sp³-hybridized carbons (Fsp3) is 0. The van der Waals surface area contributed by atoms with Crippen LogP contribution in [0.5, 0.6) is 0 Å². The van der Waals surface area contributed by atoms with Crippen molar-refractivity contribution in [2.45, 2.75) is 0 Å². The number of aromatic amines is 1. The third-order valence-electron chi connectivity index (χ3n) is 2.42. The maximum Gasteiger partial charge on any atom is 0.374 e. The van der Waals surface area contributed by atoms with Crippen LogP contribution in [0.25, 0.3) is 17.2 Å². The van der Waals surface area contributed by atoms with Crippen LogP contribution < -0.4 is 5.44 Å². The van der Waals surface area contributed by atoms with Gasteiger partial charge in [0.1, 0.15) is 11.3 Å². The molecule has 0 atom stereocenters. The first-order valence-corrected chi connectivity index (χ1v) is 6.93. The van der Waals surface area contributed by atoms with Gasteiger partial charge in [0.05, 0.1) is 5.02 Å². The molecule has 0 radical (unpaired) electrons.